The molecule has 0 aliphatic carbocycles. The maximum absolute atomic E-state index is 12.8. The van der Waals surface area contributed by atoms with E-state index < -0.39 is 0 Å². The van der Waals surface area contributed by atoms with Crippen LogP contribution in [0.2, 0.25) is 0 Å². The van der Waals surface area contributed by atoms with Gasteiger partial charge in [0.1, 0.15) is 5.82 Å². The van der Waals surface area contributed by atoms with Crippen molar-refractivity contribution in [2.24, 2.45) is 0 Å². The molecule has 1 fully saturated rings. The summed E-state index contributed by atoms with van der Waals surface area (Å²) in [5.74, 6) is -0.321. The van der Waals surface area contributed by atoms with Gasteiger partial charge in [-0.25, -0.2) is 4.39 Å². The standard InChI is InChI=1S/C13H17FN2O/c1-15-12-3-2-8-16(9-12)13(17)10-4-6-11(14)7-5-10/h4-7,12,15H,2-3,8-9H2,1H3. The average molecular weight is 236 g/mol. The molecule has 1 aliphatic heterocycles. The zero-order chi connectivity index (χ0) is 12.3. The lowest BCUT2D eigenvalue weighted by Gasteiger charge is -2.32. The molecule has 1 unspecified atom stereocenters. The van der Waals surface area contributed by atoms with Crippen LogP contribution >= 0.6 is 0 Å². The van der Waals surface area contributed by atoms with Gasteiger partial charge in [0.05, 0.1) is 0 Å². The van der Waals surface area contributed by atoms with Crippen LogP contribution in [0, 0.1) is 5.82 Å². The van der Waals surface area contributed by atoms with Crippen molar-refractivity contribution in [3.63, 3.8) is 0 Å². The molecule has 1 heterocycles. The molecule has 0 radical (unpaired) electrons. The topological polar surface area (TPSA) is 32.3 Å². The van der Waals surface area contributed by atoms with Gasteiger partial charge in [-0.05, 0) is 44.2 Å². The fraction of sp³-hybridized carbons (Fsp3) is 0.462. The van der Waals surface area contributed by atoms with E-state index in [1.807, 2.05) is 11.9 Å². The second kappa shape index (κ2) is 5.27. The summed E-state index contributed by atoms with van der Waals surface area (Å²) in [6.45, 7) is 1.51. The van der Waals surface area contributed by atoms with Crippen LogP contribution in [0.4, 0.5) is 4.39 Å². The maximum Gasteiger partial charge on any atom is 0.253 e. The van der Waals surface area contributed by atoms with Gasteiger partial charge in [0.2, 0.25) is 0 Å². The lowest BCUT2D eigenvalue weighted by atomic mass is 10.0. The number of nitrogens with one attached hydrogen (secondary N) is 1. The molecule has 0 aromatic heterocycles. The Morgan fingerprint density at radius 2 is 2.12 bits per heavy atom. The predicted octanol–water partition coefficient (Wildman–Crippen LogP) is 1.65. The van der Waals surface area contributed by atoms with Crippen LogP contribution in [0.3, 0.4) is 0 Å². The van der Waals surface area contributed by atoms with Gasteiger partial charge >= 0.3 is 0 Å². The van der Waals surface area contributed by atoms with E-state index in [2.05, 4.69) is 5.32 Å². The first-order valence-corrected chi connectivity index (χ1v) is 5.93. The molecule has 17 heavy (non-hydrogen) atoms. The molecule has 0 spiro atoms. The van der Waals surface area contributed by atoms with Crippen molar-refractivity contribution in [2.75, 3.05) is 20.1 Å². The third-order valence-corrected chi connectivity index (χ3v) is 3.21. The summed E-state index contributed by atoms with van der Waals surface area (Å²) in [6.07, 6.45) is 2.11. The Balaban J connectivity index is 2.06. The zero-order valence-electron chi connectivity index (χ0n) is 9.95. The Kier molecular flexibility index (Phi) is 3.74. The molecule has 1 aliphatic rings. The highest BCUT2D eigenvalue weighted by Crippen LogP contribution is 2.14. The summed E-state index contributed by atoms with van der Waals surface area (Å²) < 4.78 is 12.8. The molecule has 4 heteroatoms. The molecule has 3 nitrogen and oxygen atoms in total. The van der Waals surface area contributed by atoms with Gasteiger partial charge in [0, 0.05) is 24.7 Å². The summed E-state index contributed by atoms with van der Waals surface area (Å²) in [5.41, 5.74) is 0.558. The van der Waals surface area contributed by atoms with E-state index in [1.54, 1.807) is 12.1 Å². The van der Waals surface area contributed by atoms with Gasteiger partial charge in [0.25, 0.3) is 5.91 Å². The van der Waals surface area contributed by atoms with Gasteiger partial charge in [-0.1, -0.05) is 0 Å². The van der Waals surface area contributed by atoms with Crippen LogP contribution in [0.1, 0.15) is 23.2 Å². The highest BCUT2D eigenvalue weighted by Gasteiger charge is 2.23. The first-order chi connectivity index (χ1) is 8.20. The SMILES string of the molecule is CNC1CCCN(C(=O)c2ccc(F)cc2)C1. The summed E-state index contributed by atoms with van der Waals surface area (Å²) >= 11 is 0. The number of piperidine rings is 1. The normalized spacial score (nSPS) is 20.4. The van der Waals surface area contributed by atoms with Crippen molar-refractivity contribution in [3.05, 3.63) is 35.6 Å². The van der Waals surface area contributed by atoms with Gasteiger partial charge in [-0.2, -0.15) is 0 Å². The number of carbonyl (C=O) groups excluding carboxylic acids is 1. The fourth-order valence-electron chi connectivity index (χ4n) is 2.17. The largest absolute Gasteiger partial charge is 0.337 e. The van der Waals surface area contributed by atoms with Crippen molar-refractivity contribution in [1.29, 1.82) is 0 Å². The lowest BCUT2D eigenvalue weighted by Crippen LogP contribution is -2.46. The molecule has 1 aromatic carbocycles. The van der Waals surface area contributed by atoms with Gasteiger partial charge in [0.15, 0.2) is 0 Å². The summed E-state index contributed by atoms with van der Waals surface area (Å²) in [4.78, 5) is 14.0. The van der Waals surface area contributed by atoms with Gasteiger partial charge < -0.3 is 10.2 Å². The first kappa shape index (κ1) is 12.0. The number of nitrogens with zero attached hydrogens (tertiary/aromatic N) is 1. The summed E-state index contributed by atoms with van der Waals surface area (Å²) in [5, 5.41) is 3.20. The second-order valence-electron chi connectivity index (χ2n) is 4.39. The number of hydrogen-bond donors (Lipinski definition) is 1. The Morgan fingerprint density at radius 1 is 1.41 bits per heavy atom. The molecule has 1 aromatic rings. The van der Waals surface area contributed by atoms with Crippen molar-refractivity contribution >= 4 is 5.91 Å². The van der Waals surface area contributed by atoms with Crippen LogP contribution in [0.15, 0.2) is 24.3 Å². The minimum absolute atomic E-state index is 0.00931. The number of amides is 1. The molecule has 1 saturated heterocycles. The average Bonchev–Trinajstić information content (AvgIpc) is 2.39. The van der Waals surface area contributed by atoms with Crippen LogP contribution in [-0.2, 0) is 0 Å². The van der Waals surface area contributed by atoms with Crippen molar-refractivity contribution in [3.8, 4) is 0 Å². The fourth-order valence-corrected chi connectivity index (χ4v) is 2.17. The van der Waals surface area contributed by atoms with Crippen molar-refractivity contribution in [1.82, 2.24) is 10.2 Å². The number of hydrogen-bond acceptors (Lipinski definition) is 2. The lowest BCUT2D eigenvalue weighted by molar-refractivity contribution is 0.0698. The molecular weight excluding hydrogens is 219 g/mol. The van der Waals surface area contributed by atoms with Crippen LogP contribution < -0.4 is 5.32 Å². The molecule has 2 rings (SSSR count). The maximum atomic E-state index is 12.8. The Hall–Kier alpha value is -1.42. The highest BCUT2D eigenvalue weighted by molar-refractivity contribution is 5.94. The Morgan fingerprint density at radius 3 is 2.76 bits per heavy atom. The van der Waals surface area contributed by atoms with Crippen molar-refractivity contribution in [2.45, 2.75) is 18.9 Å². The third kappa shape index (κ3) is 2.82. The number of benzene rings is 1. The van der Waals surface area contributed by atoms with E-state index in [-0.39, 0.29) is 11.7 Å². The summed E-state index contributed by atoms with van der Waals surface area (Å²) in [6, 6.07) is 6.11. The van der Waals surface area contributed by atoms with E-state index >= 15 is 0 Å². The third-order valence-electron chi connectivity index (χ3n) is 3.21. The number of carbonyl (C=O) groups is 1. The number of halogens is 1. The quantitative estimate of drug-likeness (QED) is 0.846. The Labute approximate surface area is 101 Å². The number of likely N-dealkylation sites (tertiary alicyclic amines) is 1. The van der Waals surface area contributed by atoms with Crippen molar-refractivity contribution < 1.29 is 9.18 Å². The van der Waals surface area contributed by atoms with Gasteiger partial charge in [-0.15, -0.1) is 0 Å². The molecular formula is C13H17FN2O. The minimum Gasteiger partial charge on any atom is -0.337 e. The van der Waals surface area contributed by atoms with Crippen LogP contribution in [-0.4, -0.2) is 37.0 Å². The first-order valence-electron chi connectivity index (χ1n) is 5.93. The predicted molar refractivity (Wildman–Crippen MR) is 64.4 cm³/mol. The molecule has 0 bridgehead atoms. The molecule has 0 saturated carbocycles. The van der Waals surface area contributed by atoms with Crippen LogP contribution in [0.25, 0.3) is 0 Å². The molecule has 1 atom stereocenters. The van der Waals surface area contributed by atoms with E-state index in [0.717, 1.165) is 25.9 Å². The van der Waals surface area contributed by atoms with Crippen LogP contribution in [0.5, 0.6) is 0 Å². The number of rotatable bonds is 2. The van der Waals surface area contributed by atoms with E-state index in [1.165, 1.54) is 12.1 Å². The molecule has 92 valence electrons. The van der Waals surface area contributed by atoms with E-state index in [4.69, 9.17) is 0 Å². The smallest absolute Gasteiger partial charge is 0.253 e. The van der Waals surface area contributed by atoms with E-state index in [0.29, 0.717) is 11.6 Å². The molecule has 1 amide bonds. The second-order valence-corrected chi connectivity index (χ2v) is 4.39. The highest BCUT2D eigenvalue weighted by atomic mass is 19.1. The summed E-state index contributed by atoms with van der Waals surface area (Å²) in [7, 11) is 1.91. The monoisotopic (exact) mass is 236 g/mol. The minimum atomic E-state index is -0.312. The molecule has 1 N–H and O–H groups in total. The number of likely N-dealkylation sites (N-methyl/N-ethyl adjacent to an activating group) is 1. The zero-order valence-corrected chi connectivity index (χ0v) is 9.95. The van der Waals surface area contributed by atoms with E-state index in [9.17, 15) is 9.18 Å². The van der Waals surface area contributed by atoms with Gasteiger partial charge in [-0.3, -0.25) is 4.79 Å². The Bertz CT molecular complexity index is 391.